The number of H-pyrrole nitrogens is 1. The minimum Gasteiger partial charge on any atom is -0.379 e. The van der Waals surface area contributed by atoms with E-state index >= 15 is 0 Å². The molecule has 1 aromatic carbocycles. The molecule has 2 fully saturated rings. The van der Waals surface area contributed by atoms with Gasteiger partial charge in [-0.1, -0.05) is 15.9 Å². The number of rotatable bonds is 3. The molecule has 0 bridgehead atoms. The molecule has 2 aliphatic heterocycles. The maximum atomic E-state index is 12.8. The topological polar surface area (TPSA) is 68.9 Å². The first-order valence-electron chi connectivity index (χ1n) is 9.25. The van der Waals surface area contributed by atoms with E-state index in [1.54, 1.807) is 0 Å². The number of fused-ring (bicyclic) bond motifs is 1. The lowest BCUT2D eigenvalue weighted by Crippen LogP contribution is -2.53. The molecule has 1 N–H and O–H groups in total. The van der Waals surface area contributed by atoms with Gasteiger partial charge in [0.05, 0.1) is 19.8 Å². The smallest absolute Gasteiger partial charge is 0.270 e. The van der Waals surface area contributed by atoms with E-state index in [1.165, 1.54) is 0 Å². The van der Waals surface area contributed by atoms with Crippen molar-refractivity contribution in [1.29, 1.82) is 0 Å². The largest absolute Gasteiger partial charge is 0.379 e. The monoisotopic (exact) mass is 434 g/mol. The number of nitrogens with zero attached hydrogens (tertiary/aromatic N) is 3. The van der Waals surface area contributed by atoms with Gasteiger partial charge in [0, 0.05) is 54.6 Å². The number of hydrogen-bond acceptors (Lipinski definition) is 4. The number of ether oxygens (including phenoxy) is 1. The number of aromatic amines is 1. The summed E-state index contributed by atoms with van der Waals surface area (Å²) in [4.78, 5) is 34.3. The first-order chi connectivity index (χ1) is 13.1. The van der Waals surface area contributed by atoms with Crippen molar-refractivity contribution in [3.8, 4) is 0 Å². The molecule has 2 aliphatic rings. The molecule has 2 saturated heterocycles. The molecule has 7 nitrogen and oxygen atoms in total. The van der Waals surface area contributed by atoms with Gasteiger partial charge >= 0.3 is 0 Å². The predicted molar refractivity (Wildman–Crippen MR) is 106 cm³/mol. The number of piperazine rings is 1. The quantitative estimate of drug-likeness (QED) is 0.795. The molecule has 8 heteroatoms. The van der Waals surface area contributed by atoms with Crippen LogP contribution in [0.2, 0.25) is 0 Å². The summed E-state index contributed by atoms with van der Waals surface area (Å²) in [6.07, 6.45) is 0. The minimum atomic E-state index is -0.0115. The van der Waals surface area contributed by atoms with E-state index in [-0.39, 0.29) is 11.8 Å². The number of hydrogen-bond donors (Lipinski definition) is 1. The molecule has 144 valence electrons. The van der Waals surface area contributed by atoms with Crippen LogP contribution in [0.5, 0.6) is 0 Å². The Bertz CT molecular complexity index is 839. The second-order valence-electron chi connectivity index (χ2n) is 6.98. The summed E-state index contributed by atoms with van der Waals surface area (Å²) in [6.45, 7) is 5.73. The fraction of sp³-hybridized carbons (Fsp3) is 0.474. The van der Waals surface area contributed by atoms with Crippen molar-refractivity contribution >= 4 is 38.6 Å². The lowest BCUT2D eigenvalue weighted by molar-refractivity contribution is -0.134. The van der Waals surface area contributed by atoms with Crippen molar-refractivity contribution in [2.75, 3.05) is 59.0 Å². The van der Waals surface area contributed by atoms with Gasteiger partial charge in [-0.15, -0.1) is 0 Å². The Hall–Kier alpha value is -1.90. The highest BCUT2D eigenvalue weighted by atomic mass is 79.9. The van der Waals surface area contributed by atoms with Gasteiger partial charge in [-0.05, 0) is 24.3 Å². The second kappa shape index (κ2) is 8.00. The van der Waals surface area contributed by atoms with Crippen LogP contribution in [0, 0.1) is 0 Å². The first kappa shape index (κ1) is 18.5. The van der Waals surface area contributed by atoms with Crippen LogP contribution in [0.15, 0.2) is 28.7 Å². The van der Waals surface area contributed by atoms with Crippen molar-refractivity contribution in [2.24, 2.45) is 0 Å². The van der Waals surface area contributed by atoms with Crippen LogP contribution < -0.4 is 0 Å². The number of morpholine rings is 1. The number of amides is 2. The summed E-state index contributed by atoms with van der Waals surface area (Å²) in [6, 6.07) is 7.79. The molecule has 0 radical (unpaired) electrons. The van der Waals surface area contributed by atoms with Crippen LogP contribution in [0.25, 0.3) is 10.9 Å². The van der Waals surface area contributed by atoms with Crippen molar-refractivity contribution in [3.05, 3.63) is 34.4 Å². The third kappa shape index (κ3) is 4.17. The Balaban J connectivity index is 1.33. The molecular weight excluding hydrogens is 412 g/mol. The van der Waals surface area contributed by atoms with Crippen LogP contribution in [-0.2, 0) is 9.53 Å². The summed E-state index contributed by atoms with van der Waals surface area (Å²) < 4.78 is 6.31. The van der Waals surface area contributed by atoms with Crippen LogP contribution in [0.3, 0.4) is 0 Å². The zero-order valence-corrected chi connectivity index (χ0v) is 16.7. The number of nitrogens with one attached hydrogen (secondary N) is 1. The summed E-state index contributed by atoms with van der Waals surface area (Å²) in [5.41, 5.74) is 1.54. The van der Waals surface area contributed by atoms with Crippen molar-refractivity contribution in [2.45, 2.75) is 0 Å². The second-order valence-corrected chi connectivity index (χ2v) is 7.89. The maximum absolute atomic E-state index is 12.8. The first-order valence-corrected chi connectivity index (χ1v) is 10.0. The van der Waals surface area contributed by atoms with Gasteiger partial charge < -0.3 is 19.5 Å². The number of aromatic nitrogens is 1. The van der Waals surface area contributed by atoms with E-state index in [0.29, 0.717) is 51.6 Å². The molecule has 3 heterocycles. The summed E-state index contributed by atoms with van der Waals surface area (Å²) in [5.74, 6) is 0.127. The van der Waals surface area contributed by atoms with Crippen molar-refractivity contribution in [1.82, 2.24) is 19.7 Å². The van der Waals surface area contributed by atoms with Crippen LogP contribution in [0.4, 0.5) is 0 Å². The fourth-order valence-electron chi connectivity index (χ4n) is 3.60. The Morgan fingerprint density at radius 3 is 2.44 bits per heavy atom. The molecule has 2 amide bonds. The molecule has 0 spiro atoms. The molecule has 2 aromatic rings. The van der Waals surface area contributed by atoms with Crippen molar-refractivity contribution < 1.29 is 14.3 Å². The molecule has 0 atom stereocenters. The van der Waals surface area contributed by atoms with Crippen molar-refractivity contribution in [3.63, 3.8) is 0 Å². The SMILES string of the molecule is O=C(CN1CCOCC1)N1CCN(C(=O)c2cc3cc(Br)ccc3[nH]2)CC1. The highest BCUT2D eigenvalue weighted by molar-refractivity contribution is 9.10. The zero-order valence-electron chi connectivity index (χ0n) is 15.1. The Morgan fingerprint density at radius 2 is 1.70 bits per heavy atom. The average Bonchev–Trinajstić information content (AvgIpc) is 3.11. The number of carbonyl (C=O) groups excluding carboxylic acids is 2. The number of halogens is 1. The molecule has 0 aliphatic carbocycles. The highest BCUT2D eigenvalue weighted by Gasteiger charge is 2.26. The average molecular weight is 435 g/mol. The number of benzene rings is 1. The van der Waals surface area contributed by atoms with Gasteiger partial charge in [-0.25, -0.2) is 0 Å². The molecule has 0 unspecified atom stereocenters. The summed E-state index contributed by atoms with van der Waals surface area (Å²) in [7, 11) is 0. The van der Waals surface area contributed by atoms with E-state index in [2.05, 4.69) is 25.8 Å². The zero-order chi connectivity index (χ0) is 18.8. The van der Waals surface area contributed by atoms with E-state index in [4.69, 9.17) is 4.74 Å². The Labute approximate surface area is 166 Å². The lowest BCUT2D eigenvalue weighted by Gasteiger charge is -2.36. The van der Waals surface area contributed by atoms with Gasteiger partial charge in [-0.2, -0.15) is 0 Å². The molecule has 1 aromatic heterocycles. The van der Waals surface area contributed by atoms with E-state index in [0.717, 1.165) is 28.5 Å². The van der Waals surface area contributed by atoms with Gasteiger partial charge in [0.25, 0.3) is 5.91 Å². The predicted octanol–water partition coefficient (Wildman–Crippen LogP) is 1.55. The highest BCUT2D eigenvalue weighted by Crippen LogP contribution is 2.21. The van der Waals surface area contributed by atoms with Gasteiger partial charge in [0.1, 0.15) is 5.69 Å². The summed E-state index contributed by atoms with van der Waals surface area (Å²) >= 11 is 3.45. The third-order valence-corrected chi connectivity index (χ3v) is 5.69. The fourth-order valence-corrected chi connectivity index (χ4v) is 3.98. The van der Waals surface area contributed by atoms with Gasteiger partial charge in [0.2, 0.25) is 5.91 Å². The molecule has 0 saturated carbocycles. The molecule has 4 rings (SSSR count). The van der Waals surface area contributed by atoms with Gasteiger partial charge in [-0.3, -0.25) is 14.5 Å². The van der Waals surface area contributed by atoms with Crippen LogP contribution in [-0.4, -0.2) is 90.5 Å². The van der Waals surface area contributed by atoms with E-state index in [1.807, 2.05) is 34.1 Å². The maximum Gasteiger partial charge on any atom is 0.270 e. The van der Waals surface area contributed by atoms with E-state index < -0.39 is 0 Å². The Kier molecular flexibility index (Phi) is 5.47. The lowest BCUT2D eigenvalue weighted by atomic mass is 10.2. The van der Waals surface area contributed by atoms with E-state index in [9.17, 15) is 9.59 Å². The standard InChI is InChI=1S/C19H23BrN4O3/c20-15-1-2-16-14(11-15)12-17(21-16)19(26)24-5-3-23(4-6-24)18(25)13-22-7-9-27-10-8-22/h1-2,11-12,21H,3-10,13H2. The van der Waals surface area contributed by atoms with Crippen LogP contribution in [0.1, 0.15) is 10.5 Å². The Morgan fingerprint density at radius 1 is 1.00 bits per heavy atom. The normalized spacial score (nSPS) is 18.9. The third-order valence-electron chi connectivity index (χ3n) is 5.20. The van der Waals surface area contributed by atoms with Crippen LogP contribution >= 0.6 is 15.9 Å². The number of carbonyl (C=O) groups is 2. The summed E-state index contributed by atoms with van der Waals surface area (Å²) in [5, 5.41) is 1.01. The molecular formula is C19H23BrN4O3. The molecule has 27 heavy (non-hydrogen) atoms. The minimum absolute atomic E-state index is 0.0115. The van der Waals surface area contributed by atoms with Gasteiger partial charge in [0.15, 0.2) is 0 Å².